The molecule has 0 aliphatic heterocycles. The van der Waals surface area contributed by atoms with Crippen LogP contribution in [0.5, 0.6) is 0 Å². The lowest BCUT2D eigenvalue weighted by atomic mass is 10.1. The summed E-state index contributed by atoms with van der Waals surface area (Å²) in [5, 5.41) is -0.339. The summed E-state index contributed by atoms with van der Waals surface area (Å²) in [6.07, 6.45) is -4.74. The van der Waals surface area contributed by atoms with Gasteiger partial charge in [0, 0.05) is 17.8 Å². The van der Waals surface area contributed by atoms with Gasteiger partial charge in [-0.25, -0.2) is 4.98 Å². The van der Waals surface area contributed by atoms with Gasteiger partial charge in [0.1, 0.15) is 12.2 Å². The lowest BCUT2D eigenvalue weighted by Crippen LogP contribution is -2.17. The van der Waals surface area contributed by atoms with E-state index in [0.717, 1.165) is 24.1 Å². The number of halogens is 6. The molecule has 2 nitrogen and oxygen atoms in total. The zero-order valence-corrected chi connectivity index (χ0v) is 13.2. The van der Waals surface area contributed by atoms with Crippen molar-refractivity contribution in [3.05, 3.63) is 30.1 Å². The number of nitrogens with zero attached hydrogens (tertiary/aromatic N) is 2. The maximum absolute atomic E-state index is 12.6. The molecule has 0 spiro atoms. The minimum atomic E-state index is -4.71. The van der Waals surface area contributed by atoms with E-state index in [4.69, 9.17) is 0 Å². The highest BCUT2D eigenvalue weighted by atomic mass is 19.4. The van der Waals surface area contributed by atoms with Crippen LogP contribution in [0, 0.1) is 11.8 Å². The van der Waals surface area contributed by atoms with Crippen LogP contribution in [0.2, 0.25) is 0 Å². The Morgan fingerprint density at radius 2 is 1.79 bits per heavy atom. The summed E-state index contributed by atoms with van der Waals surface area (Å²) in [4.78, 5) is 3.56. The Bertz CT molecular complexity index is 680. The summed E-state index contributed by atoms with van der Waals surface area (Å²) in [6, 6.07) is 2.34. The molecule has 24 heavy (non-hydrogen) atoms. The smallest absolute Gasteiger partial charge is 0.323 e. The van der Waals surface area contributed by atoms with Gasteiger partial charge in [-0.1, -0.05) is 13.8 Å². The van der Waals surface area contributed by atoms with Crippen molar-refractivity contribution in [1.29, 1.82) is 0 Å². The lowest BCUT2D eigenvalue weighted by Gasteiger charge is -2.07. The van der Waals surface area contributed by atoms with Gasteiger partial charge >= 0.3 is 12.4 Å². The van der Waals surface area contributed by atoms with E-state index in [-0.39, 0.29) is 11.0 Å². The third-order valence-electron chi connectivity index (χ3n) is 3.85. The normalized spacial score (nSPS) is 15.5. The first kappa shape index (κ1) is 18.6. The molecule has 8 heteroatoms. The predicted octanol–water partition coefficient (Wildman–Crippen LogP) is 5.67. The molecule has 2 heterocycles. The van der Waals surface area contributed by atoms with Crippen LogP contribution < -0.4 is 0 Å². The molecule has 0 radical (unpaired) electrons. The van der Waals surface area contributed by atoms with Gasteiger partial charge in [-0.3, -0.25) is 0 Å². The highest BCUT2D eigenvalue weighted by molar-refractivity contribution is 5.81. The van der Waals surface area contributed by atoms with Crippen LogP contribution >= 0.6 is 0 Å². The molecule has 0 saturated heterocycles. The Kier molecular flexibility index (Phi) is 5.15. The molecule has 0 aromatic carbocycles. The zero-order valence-electron chi connectivity index (χ0n) is 13.2. The van der Waals surface area contributed by atoms with Crippen LogP contribution in [-0.2, 0) is 12.7 Å². The van der Waals surface area contributed by atoms with Crippen LogP contribution in [0.15, 0.2) is 24.5 Å². The van der Waals surface area contributed by atoms with E-state index in [9.17, 15) is 26.3 Å². The van der Waals surface area contributed by atoms with Crippen LogP contribution in [0.3, 0.4) is 0 Å². The van der Waals surface area contributed by atoms with Crippen molar-refractivity contribution in [1.82, 2.24) is 9.55 Å². The van der Waals surface area contributed by atoms with Crippen LogP contribution in [-0.4, -0.2) is 15.7 Å². The molecule has 2 aromatic rings. The standard InChI is InChI=1S/C10H6F6N2.C6H12/c11-9(12,13)5-18-4-7(10(14,15)16)6-2-1-3-17-8(6)18;1-5(2)6-3-4-6/h1-4H,5H2;5-6H,3-4H2,1-2H3. The fraction of sp³-hybridized carbons (Fsp3) is 0.562. The monoisotopic (exact) mass is 352 g/mol. The second-order valence-electron chi connectivity index (χ2n) is 6.24. The molecule has 1 aliphatic rings. The summed E-state index contributed by atoms with van der Waals surface area (Å²) < 4.78 is 75.1. The predicted molar refractivity (Wildman–Crippen MR) is 78.4 cm³/mol. The van der Waals surface area contributed by atoms with Crippen molar-refractivity contribution in [2.24, 2.45) is 11.8 Å². The minimum Gasteiger partial charge on any atom is -0.323 e. The van der Waals surface area contributed by atoms with Gasteiger partial charge < -0.3 is 4.57 Å². The molecule has 0 unspecified atom stereocenters. The Morgan fingerprint density at radius 1 is 1.17 bits per heavy atom. The van der Waals surface area contributed by atoms with E-state index in [2.05, 4.69) is 18.8 Å². The third-order valence-corrected chi connectivity index (χ3v) is 3.85. The van der Waals surface area contributed by atoms with Crippen molar-refractivity contribution < 1.29 is 26.3 Å². The van der Waals surface area contributed by atoms with Crippen molar-refractivity contribution in [2.45, 2.75) is 45.6 Å². The molecule has 3 rings (SSSR count). The van der Waals surface area contributed by atoms with Gasteiger partial charge in [0.15, 0.2) is 0 Å². The molecule has 0 amide bonds. The number of aromatic nitrogens is 2. The Morgan fingerprint density at radius 3 is 2.21 bits per heavy atom. The molecule has 1 saturated carbocycles. The lowest BCUT2D eigenvalue weighted by molar-refractivity contribution is -0.143. The molecular formula is C16H18F6N2. The summed E-state index contributed by atoms with van der Waals surface area (Å²) in [7, 11) is 0. The average molecular weight is 352 g/mol. The fourth-order valence-electron chi connectivity index (χ4n) is 2.43. The van der Waals surface area contributed by atoms with E-state index in [1.165, 1.54) is 18.9 Å². The summed E-state index contributed by atoms with van der Waals surface area (Å²) >= 11 is 0. The second-order valence-corrected chi connectivity index (χ2v) is 6.24. The van der Waals surface area contributed by atoms with Crippen LogP contribution in [0.4, 0.5) is 26.3 Å². The van der Waals surface area contributed by atoms with Gasteiger partial charge in [-0.2, -0.15) is 26.3 Å². The maximum Gasteiger partial charge on any atom is 0.418 e. The number of pyridine rings is 1. The Hall–Kier alpha value is -1.73. The number of rotatable bonds is 2. The highest BCUT2D eigenvalue weighted by Gasteiger charge is 2.37. The van der Waals surface area contributed by atoms with E-state index < -0.39 is 24.5 Å². The first-order chi connectivity index (χ1) is 11.0. The molecule has 0 atom stereocenters. The topological polar surface area (TPSA) is 17.8 Å². The fourth-order valence-corrected chi connectivity index (χ4v) is 2.43. The third kappa shape index (κ3) is 4.88. The van der Waals surface area contributed by atoms with E-state index >= 15 is 0 Å². The average Bonchev–Trinajstić information content (AvgIpc) is 3.22. The largest absolute Gasteiger partial charge is 0.418 e. The Balaban J connectivity index is 0.000000292. The van der Waals surface area contributed by atoms with Gasteiger partial charge in [-0.05, 0) is 36.8 Å². The van der Waals surface area contributed by atoms with Gasteiger partial charge in [-0.15, -0.1) is 0 Å². The summed E-state index contributed by atoms with van der Waals surface area (Å²) in [5.74, 6) is 2.06. The molecule has 134 valence electrons. The number of hydrogen-bond acceptors (Lipinski definition) is 1. The highest BCUT2D eigenvalue weighted by Crippen LogP contribution is 2.36. The zero-order chi connectivity index (χ0) is 18.1. The van der Waals surface area contributed by atoms with Crippen molar-refractivity contribution >= 4 is 11.0 Å². The minimum absolute atomic E-state index is 0.331. The van der Waals surface area contributed by atoms with Gasteiger partial charge in [0.2, 0.25) is 0 Å². The molecule has 0 bridgehead atoms. The van der Waals surface area contributed by atoms with E-state index in [1.54, 1.807) is 0 Å². The SMILES string of the molecule is CC(C)C1CC1.FC(F)(F)Cn1cc(C(F)(F)F)c2cccnc21. The summed E-state index contributed by atoms with van der Waals surface area (Å²) in [6.45, 7) is 3.10. The van der Waals surface area contributed by atoms with Gasteiger partial charge in [0.25, 0.3) is 0 Å². The van der Waals surface area contributed by atoms with E-state index in [1.807, 2.05) is 0 Å². The maximum atomic E-state index is 12.6. The van der Waals surface area contributed by atoms with Crippen LogP contribution in [0.1, 0.15) is 32.3 Å². The second kappa shape index (κ2) is 6.64. The van der Waals surface area contributed by atoms with E-state index in [0.29, 0.717) is 10.8 Å². The first-order valence-corrected chi connectivity index (χ1v) is 7.57. The van der Waals surface area contributed by atoms with Crippen molar-refractivity contribution in [2.75, 3.05) is 0 Å². The summed E-state index contributed by atoms with van der Waals surface area (Å²) in [5.41, 5.74) is -1.45. The Labute approximate surface area is 135 Å². The molecule has 1 aliphatic carbocycles. The number of alkyl halides is 6. The molecule has 2 aromatic heterocycles. The first-order valence-electron chi connectivity index (χ1n) is 7.57. The molecular weight excluding hydrogens is 334 g/mol. The molecule has 0 N–H and O–H groups in total. The van der Waals surface area contributed by atoms with Crippen molar-refractivity contribution in [3.8, 4) is 0 Å². The van der Waals surface area contributed by atoms with Crippen molar-refractivity contribution in [3.63, 3.8) is 0 Å². The number of hydrogen-bond donors (Lipinski definition) is 0. The molecule has 1 fully saturated rings. The number of fused-ring (bicyclic) bond motifs is 1. The van der Waals surface area contributed by atoms with Gasteiger partial charge in [0.05, 0.1) is 5.56 Å². The quantitative estimate of drug-likeness (QED) is 0.637. The van der Waals surface area contributed by atoms with Crippen LogP contribution in [0.25, 0.3) is 11.0 Å².